The molecular weight excluding hydrogens is 271 g/mol. The molecule has 0 heterocycles. The Morgan fingerprint density at radius 3 is 2.44 bits per heavy atom. The third kappa shape index (κ3) is 4.29. The summed E-state index contributed by atoms with van der Waals surface area (Å²) in [6.45, 7) is -0.124. The highest BCUT2D eigenvalue weighted by Crippen LogP contribution is 2.23. The van der Waals surface area contributed by atoms with E-state index in [4.69, 9.17) is 28.3 Å². The number of rotatable bonds is 5. The van der Waals surface area contributed by atoms with E-state index in [9.17, 15) is 8.42 Å². The van der Waals surface area contributed by atoms with Gasteiger partial charge in [-0.05, 0) is 24.1 Å². The van der Waals surface area contributed by atoms with E-state index in [0.717, 1.165) is 0 Å². The van der Waals surface area contributed by atoms with Crippen LogP contribution < -0.4 is 0 Å². The summed E-state index contributed by atoms with van der Waals surface area (Å²) < 4.78 is 23.1. The first kappa shape index (κ1) is 13.8. The summed E-state index contributed by atoms with van der Waals surface area (Å²) in [5.41, 5.74) is 0.604. The van der Waals surface area contributed by atoms with Gasteiger partial charge in [0.1, 0.15) is 0 Å². The first-order valence-corrected chi connectivity index (χ1v) is 7.27. The summed E-state index contributed by atoms with van der Waals surface area (Å²) in [4.78, 5) is 0. The minimum atomic E-state index is -3.19. The number of hydrogen-bond acceptors (Lipinski definition) is 3. The Labute approximate surface area is 105 Å². The SMILES string of the molecule is O=S(=O)(CCCO)Cc1ccc(Cl)c(Cl)c1. The van der Waals surface area contributed by atoms with E-state index in [1.54, 1.807) is 18.2 Å². The molecule has 1 N–H and O–H groups in total. The van der Waals surface area contributed by atoms with Crippen molar-refractivity contribution < 1.29 is 13.5 Å². The lowest BCUT2D eigenvalue weighted by molar-refractivity contribution is 0.295. The van der Waals surface area contributed by atoms with Crippen LogP contribution >= 0.6 is 23.2 Å². The maximum Gasteiger partial charge on any atom is 0.154 e. The maximum atomic E-state index is 11.6. The fourth-order valence-electron chi connectivity index (χ4n) is 1.24. The molecule has 0 saturated heterocycles. The van der Waals surface area contributed by atoms with Crippen LogP contribution in [0.4, 0.5) is 0 Å². The summed E-state index contributed by atoms with van der Waals surface area (Å²) in [6, 6.07) is 4.74. The highest BCUT2D eigenvalue weighted by molar-refractivity contribution is 7.90. The molecule has 0 unspecified atom stereocenters. The largest absolute Gasteiger partial charge is 0.396 e. The van der Waals surface area contributed by atoms with Gasteiger partial charge in [-0.15, -0.1) is 0 Å². The van der Waals surface area contributed by atoms with Crippen LogP contribution in [0.3, 0.4) is 0 Å². The molecule has 1 aromatic rings. The van der Waals surface area contributed by atoms with Crippen molar-refractivity contribution in [3.8, 4) is 0 Å². The van der Waals surface area contributed by atoms with Gasteiger partial charge in [-0.25, -0.2) is 8.42 Å². The van der Waals surface area contributed by atoms with Crippen molar-refractivity contribution in [2.24, 2.45) is 0 Å². The Morgan fingerprint density at radius 1 is 1.19 bits per heavy atom. The summed E-state index contributed by atoms with van der Waals surface area (Å²) in [5, 5.41) is 9.32. The maximum absolute atomic E-state index is 11.6. The van der Waals surface area contributed by atoms with Crippen LogP contribution in [-0.2, 0) is 15.6 Å². The predicted molar refractivity (Wildman–Crippen MR) is 65.7 cm³/mol. The molecule has 16 heavy (non-hydrogen) atoms. The molecule has 1 rings (SSSR count). The molecule has 0 spiro atoms. The molecule has 0 aliphatic carbocycles. The Hall–Kier alpha value is -0.290. The highest BCUT2D eigenvalue weighted by Gasteiger charge is 2.12. The van der Waals surface area contributed by atoms with Crippen molar-refractivity contribution in [1.29, 1.82) is 0 Å². The topological polar surface area (TPSA) is 54.4 Å². The number of halogens is 2. The van der Waals surface area contributed by atoms with Gasteiger partial charge in [0.2, 0.25) is 0 Å². The van der Waals surface area contributed by atoms with Gasteiger partial charge in [0.05, 0.1) is 21.6 Å². The minimum absolute atomic E-state index is 0.0241. The quantitative estimate of drug-likeness (QED) is 0.902. The van der Waals surface area contributed by atoms with Crippen molar-refractivity contribution in [2.75, 3.05) is 12.4 Å². The van der Waals surface area contributed by atoms with Gasteiger partial charge in [0, 0.05) is 6.61 Å². The molecule has 90 valence electrons. The average Bonchev–Trinajstić information content (AvgIpc) is 2.20. The molecule has 0 aliphatic heterocycles. The number of aliphatic hydroxyl groups excluding tert-OH is 1. The molecule has 0 aliphatic rings. The summed E-state index contributed by atoms with van der Waals surface area (Å²) in [6.07, 6.45) is 0.254. The summed E-state index contributed by atoms with van der Waals surface area (Å²) in [7, 11) is -3.19. The minimum Gasteiger partial charge on any atom is -0.396 e. The van der Waals surface area contributed by atoms with Gasteiger partial charge in [0.25, 0.3) is 0 Å². The number of aliphatic hydroxyl groups is 1. The van der Waals surface area contributed by atoms with E-state index < -0.39 is 9.84 Å². The zero-order valence-electron chi connectivity index (χ0n) is 8.49. The smallest absolute Gasteiger partial charge is 0.154 e. The lowest BCUT2D eigenvalue weighted by Crippen LogP contribution is -2.10. The lowest BCUT2D eigenvalue weighted by atomic mass is 10.2. The van der Waals surface area contributed by atoms with Crippen molar-refractivity contribution in [3.63, 3.8) is 0 Å². The van der Waals surface area contributed by atoms with E-state index >= 15 is 0 Å². The predicted octanol–water partition coefficient (Wildman–Crippen LogP) is 2.29. The van der Waals surface area contributed by atoms with Gasteiger partial charge in [0.15, 0.2) is 9.84 Å². The van der Waals surface area contributed by atoms with Crippen LogP contribution in [0, 0.1) is 0 Å². The molecule has 0 bridgehead atoms. The fraction of sp³-hybridized carbons (Fsp3) is 0.400. The second kappa shape index (κ2) is 5.87. The van der Waals surface area contributed by atoms with Crippen molar-refractivity contribution >= 4 is 33.0 Å². The van der Waals surface area contributed by atoms with E-state index in [0.29, 0.717) is 15.6 Å². The molecule has 0 radical (unpaired) electrons. The molecule has 0 aromatic heterocycles. The van der Waals surface area contributed by atoms with Crippen LogP contribution in [-0.4, -0.2) is 25.9 Å². The third-order valence-electron chi connectivity index (χ3n) is 1.98. The van der Waals surface area contributed by atoms with Crippen LogP contribution in [0.25, 0.3) is 0 Å². The molecule has 0 amide bonds. The van der Waals surface area contributed by atoms with Crippen molar-refractivity contribution in [3.05, 3.63) is 33.8 Å². The van der Waals surface area contributed by atoms with E-state index in [1.165, 1.54) is 0 Å². The van der Waals surface area contributed by atoms with Crippen LogP contribution in [0.1, 0.15) is 12.0 Å². The van der Waals surface area contributed by atoms with Crippen LogP contribution in [0.5, 0.6) is 0 Å². The first-order valence-electron chi connectivity index (χ1n) is 4.70. The number of hydrogen-bond donors (Lipinski definition) is 1. The second-order valence-corrected chi connectivity index (χ2v) is 6.42. The normalized spacial score (nSPS) is 11.7. The van der Waals surface area contributed by atoms with Crippen molar-refractivity contribution in [2.45, 2.75) is 12.2 Å². The van der Waals surface area contributed by atoms with Gasteiger partial charge < -0.3 is 5.11 Å². The fourth-order valence-corrected chi connectivity index (χ4v) is 2.96. The van der Waals surface area contributed by atoms with Crippen LogP contribution in [0.2, 0.25) is 10.0 Å². The van der Waals surface area contributed by atoms with Crippen molar-refractivity contribution in [1.82, 2.24) is 0 Å². The highest BCUT2D eigenvalue weighted by atomic mass is 35.5. The molecule has 1 aromatic carbocycles. The molecule has 0 fully saturated rings. The van der Waals surface area contributed by atoms with Gasteiger partial charge in [-0.3, -0.25) is 0 Å². The van der Waals surface area contributed by atoms with Crippen LogP contribution in [0.15, 0.2) is 18.2 Å². The zero-order valence-corrected chi connectivity index (χ0v) is 10.8. The Balaban J connectivity index is 2.76. The Morgan fingerprint density at radius 2 is 1.88 bits per heavy atom. The molecule has 0 atom stereocenters. The van der Waals surface area contributed by atoms with Gasteiger partial charge >= 0.3 is 0 Å². The first-order chi connectivity index (χ1) is 7.44. The number of benzene rings is 1. The molecule has 0 saturated carbocycles. The van der Waals surface area contributed by atoms with E-state index in [2.05, 4.69) is 0 Å². The Kier molecular flexibility index (Phi) is 5.05. The molecule has 3 nitrogen and oxygen atoms in total. The average molecular weight is 283 g/mol. The van der Waals surface area contributed by atoms with Gasteiger partial charge in [-0.1, -0.05) is 29.3 Å². The summed E-state index contributed by atoms with van der Waals surface area (Å²) in [5.74, 6) is -0.104. The van der Waals surface area contributed by atoms with Gasteiger partial charge in [-0.2, -0.15) is 0 Å². The molecule has 6 heteroatoms. The Bertz CT molecular complexity index is 457. The van der Waals surface area contributed by atoms with E-state index in [-0.39, 0.29) is 24.5 Å². The third-order valence-corrected chi connectivity index (χ3v) is 4.41. The summed E-state index contributed by atoms with van der Waals surface area (Å²) >= 11 is 11.5. The second-order valence-electron chi connectivity index (χ2n) is 3.42. The molecular formula is C10H12Cl2O3S. The lowest BCUT2D eigenvalue weighted by Gasteiger charge is -2.04. The standard InChI is InChI=1S/C10H12Cl2O3S/c11-9-3-2-8(6-10(9)12)7-16(14,15)5-1-4-13/h2-3,6,13H,1,4-5,7H2. The van der Waals surface area contributed by atoms with E-state index in [1.807, 2.05) is 0 Å². The number of sulfone groups is 1. The monoisotopic (exact) mass is 282 g/mol. The zero-order chi connectivity index (χ0) is 12.2.